The number of hydrogen-bond donors (Lipinski definition) is 0. The first-order valence-electron chi connectivity index (χ1n) is 10.6. The fourth-order valence-corrected chi connectivity index (χ4v) is 3.39. The molecule has 180 valence electrons. The summed E-state index contributed by atoms with van der Waals surface area (Å²) in [6.45, 7) is 4.52. The normalized spacial score (nSPS) is 12.9. The molecule has 0 aliphatic heterocycles. The fourth-order valence-electron chi connectivity index (χ4n) is 3.39. The molecule has 1 aromatic carbocycles. The van der Waals surface area contributed by atoms with Crippen LogP contribution in [0.2, 0.25) is 0 Å². The molecule has 0 saturated carbocycles. The van der Waals surface area contributed by atoms with Gasteiger partial charge in [-0.15, -0.1) is 0 Å². The Bertz CT molecular complexity index is 777. The largest absolute Gasteiger partial charge is 0.417 e. The van der Waals surface area contributed by atoms with Crippen molar-refractivity contribution in [1.29, 1.82) is 5.26 Å². The standard InChI is InChI=1S/C22H29F6N3O/c1-4-7-11-30(12-8-5-2)20(32)19(6-3)31(15-21(23,24)25)17-10-9-16(14-29)18(13-17)22(26,27)28/h9-10,13,19H,4-8,11-12,15H2,1-3H3. The highest BCUT2D eigenvalue weighted by Gasteiger charge is 2.39. The van der Waals surface area contributed by atoms with E-state index in [0.717, 1.165) is 25.0 Å². The van der Waals surface area contributed by atoms with E-state index in [4.69, 9.17) is 5.26 Å². The quantitative estimate of drug-likeness (QED) is 0.368. The SMILES string of the molecule is CCCCN(CCCC)C(=O)C(CC)N(CC(F)(F)F)c1ccc(C#N)c(C(F)(F)F)c1. The van der Waals surface area contributed by atoms with Crippen molar-refractivity contribution in [3.05, 3.63) is 29.3 Å². The molecule has 1 aromatic rings. The zero-order valence-electron chi connectivity index (χ0n) is 18.5. The van der Waals surface area contributed by atoms with Gasteiger partial charge in [-0.3, -0.25) is 4.79 Å². The summed E-state index contributed by atoms with van der Waals surface area (Å²) < 4.78 is 80.4. The molecule has 0 aromatic heterocycles. The van der Waals surface area contributed by atoms with Gasteiger partial charge in [0, 0.05) is 18.8 Å². The molecule has 1 rings (SSSR count). The minimum atomic E-state index is -4.93. The topological polar surface area (TPSA) is 47.3 Å². The number of nitriles is 1. The second kappa shape index (κ2) is 12.0. The van der Waals surface area contributed by atoms with Gasteiger partial charge in [0.2, 0.25) is 5.91 Å². The van der Waals surface area contributed by atoms with Crippen molar-refractivity contribution in [2.75, 3.05) is 24.5 Å². The molecule has 0 heterocycles. The minimum Gasteiger partial charge on any atom is -0.350 e. The number of nitrogens with zero attached hydrogens (tertiary/aromatic N) is 3. The van der Waals surface area contributed by atoms with Crippen LogP contribution in [-0.4, -0.2) is 42.7 Å². The van der Waals surface area contributed by atoms with Crippen LogP contribution < -0.4 is 4.90 Å². The summed E-state index contributed by atoms with van der Waals surface area (Å²) in [4.78, 5) is 15.4. The first kappa shape index (κ1) is 27.6. The Kier molecular flexibility index (Phi) is 10.3. The average Bonchev–Trinajstić information content (AvgIpc) is 2.71. The van der Waals surface area contributed by atoms with Crippen molar-refractivity contribution >= 4 is 11.6 Å². The number of carbonyl (C=O) groups is 1. The number of amides is 1. The van der Waals surface area contributed by atoms with E-state index in [2.05, 4.69) is 0 Å². The van der Waals surface area contributed by atoms with Crippen LogP contribution in [-0.2, 0) is 11.0 Å². The lowest BCUT2D eigenvalue weighted by atomic mass is 10.0. The number of hydrogen-bond acceptors (Lipinski definition) is 3. The van der Waals surface area contributed by atoms with E-state index in [9.17, 15) is 31.1 Å². The molecule has 1 unspecified atom stereocenters. The summed E-state index contributed by atoms with van der Waals surface area (Å²) >= 11 is 0. The fraction of sp³-hybridized carbons (Fsp3) is 0.636. The maximum Gasteiger partial charge on any atom is 0.417 e. The van der Waals surface area contributed by atoms with Crippen molar-refractivity contribution in [1.82, 2.24) is 4.90 Å². The third-order valence-electron chi connectivity index (χ3n) is 5.03. The summed E-state index contributed by atoms with van der Waals surface area (Å²) in [6.07, 6.45) is -6.80. The Hall–Kier alpha value is -2.44. The Morgan fingerprint density at radius 3 is 2.00 bits per heavy atom. The molecule has 0 bridgehead atoms. The van der Waals surface area contributed by atoms with E-state index in [-0.39, 0.29) is 6.42 Å². The van der Waals surface area contributed by atoms with Gasteiger partial charge in [0.1, 0.15) is 12.6 Å². The molecule has 4 nitrogen and oxygen atoms in total. The van der Waals surface area contributed by atoms with E-state index in [1.54, 1.807) is 0 Å². The Labute approximate surface area is 184 Å². The summed E-state index contributed by atoms with van der Waals surface area (Å²) in [5.41, 5.74) is -2.43. The smallest absolute Gasteiger partial charge is 0.350 e. The zero-order valence-corrected chi connectivity index (χ0v) is 18.5. The molecule has 10 heteroatoms. The van der Waals surface area contributed by atoms with Crippen molar-refractivity contribution < 1.29 is 31.1 Å². The average molecular weight is 465 g/mol. The Balaban J connectivity index is 3.49. The molecule has 32 heavy (non-hydrogen) atoms. The summed E-state index contributed by atoms with van der Waals surface area (Å²) in [6, 6.07) is 2.50. The summed E-state index contributed by atoms with van der Waals surface area (Å²) in [7, 11) is 0. The maximum atomic E-state index is 13.4. The van der Waals surface area contributed by atoms with Crippen LogP contribution in [0.5, 0.6) is 0 Å². The van der Waals surface area contributed by atoms with Crippen molar-refractivity contribution in [3.8, 4) is 6.07 Å². The van der Waals surface area contributed by atoms with Crippen LogP contribution >= 0.6 is 0 Å². The molecule has 0 radical (unpaired) electrons. The van der Waals surface area contributed by atoms with Gasteiger partial charge in [0.15, 0.2) is 0 Å². The molecule has 0 N–H and O–H groups in total. The molecule has 0 spiro atoms. The van der Waals surface area contributed by atoms with Crippen LogP contribution in [0.15, 0.2) is 18.2 Å². The maximum absolute atomic E-state index is 13.4. The predicted molar refractivity (Wildman–Crippen MR) is 110 cm³/mol. The van der Waals surface area contributed by atoms with Gasteiger partial charge in [-0.05, 0) is 37.5 Å². The first-order valence-corrected chi connectivity index (χ1v) is 10.6. The monoisotopic (exact) mass is 465 g/mol. The molecular formula is C22H29F6N3O. The van der Waals surface area contributed by atoms with Crippen LogP contribution in [0.4, 0.5) is 32.0 Å². The first-order chi connectivity index (χ1) is 14.9. The Morgan fingerprint density at radius 2 is 1.59 bits per heavy atom. The van der Waals surface area contributed by atoms with E-state index in [1.807, 2.05) is 13.8 Å². The Morgan fingerprint density at radius 1 is 1.03 bits per heavy atom. The number of anilines is 1. The van der Waals surface area contributed by atoms with E-state index < -0.39 is 47.7 Å². The zero-order chi connectivity index (χ0) is 24.5. The van der Waals surface area contributed by atoms with Gasteiger partial charge in [-0.2, -0.15) is 31.6 Å². The molecule has 0 aliphatic carbocycles. The number of carbonyl (C=O) groups excluding carboxylic acids is 1. The highest BCUT2D eigenvalue weighted by atomic mass is 19.4. The molecule has 0 aliphatic rings. The van der Waals surface area contributed by atoms with E-state index in [1.165, 1.54) is 17.9 Å². The van der Waals surface area contributed by atoms with Gasteiger partial charge in [0.05, 0.1) is 17.2 Å². The van der Waals surface area contributed by atoms with Crippen LogP contribution in [0.25, 0.3) is 0 Å². The third-order valence-corrected chi connectivity index (χ3v) is 5.03. The second-order valence-electron chi connectivity index (χ2n) is 7.54. The molecule has 1 atom stereocenters. The van der Waals surface area contributed by atoms with Crippen molar-refractivity contribution in [3.63, 3.8) is 0 Å². The minimum absolute atomic E-state index is 0.0228. The molecular weight excluding hydrogens is 436 g/mol. The van der Waals surface area contributed by atoms with Gasteiger partial charge < -0.3 is 9.80 Å². The highest BCUT2D eigenvalue weighted by Crippen LogP contribution is 2.36. The van der Waals surface area contributed by atoms with E-state index in [0.29, 0.717) is 36.9 Å². The summed E-state index contributed by atoms with van der Waals surface area (Å²) in [5, 5.41) is 8.97. The van der Waals surface area contributed by atoms with Gasteiger partial charge >= 0.3 is 12.4 Å². The van der Waals surface area contributed by atoms with Crippen LogP contribution in [0, 0.1) is 11.3 Å². The van der Waals surface area contributed by atoms with Gasteiger partial charge in [0.25, 0.3) is 0 Å². The number of rotatable bonds is 11. The predicted octanol–water partition coefficient (Wildman–Crippen LogP) is 6.15. The van der Waals surface area contributed by atoms with Gasteiger partial charge in [-0.1, -0.05) is 33.6 Å². The lowest BCUT2D eigenvalue weighted by Gasteiger charge is -2.36. The van der Waals surface area contributed by atoms with Crippen LogP contribution in [0.3, 0.4) is 0 Å². The third kappa shape index (κ3) is 7.92. The number of unbranched alkanes of at least 4 members (excludes halogenated alkanes) is 2. The number of halogens is 6. The van der Waals surface area contributed by atoms with Crippen molar-refractivity contribution in [2.24, 2.45) is 0 Å². The second-order valence-corrected chi connectivity index (χ2v) is 7.54. The lowest BCUT2D eigenvalue weighted by Crippen LogP contribution is -2.52. The summed E-state index contributed by atoms with van der Waals surface area (Å²) in [5.74, 6) is -0.545. The lowest BCUT2D eigenvalue weighted by molar-refractivity contribution is -0.137. The molecule has 0 saturated heterocycles. The molecule has 0 fully saturated rings. The van der Waals surface area contributed by atoms with Crippen molar-refractivity contribution in [2.45, 2.75) is 71.3 Å². The highest BCUT2D eigenvalue weighted by molar-refractivity contribution is 5.85. The van der Waals surface area contributed by atoms with Gasteiger partial charge in [-0.25, -0.2) is 0 Å². The van der Waals surface area contributed by atoms with Crippen LogP contribution in [0.1, 0.15) is 64.0 Å². The number of benzene rings is 1. The molecule has 1 amide bonds. The van der Waals surface area contributed by atoms with E-state index >= 15 is 0 Å². The number of alkyl halides is 6.